The van der Waals surface area contributed by atoms with E-state index in [4.69, 9.17) is 22.1 Å². The summed E-state index contributed by atoms with van der Waals surface area (Å²) < 4.78 is 8.31. The van der Waals surface area contributed by atoms with E-state index in [1.165, 1.54) is 6.33 Å². The minimum atomic E-state index is -0.123. The number of halogens is 1. The Morgan fingerprint density at radius 3 is 2.68 bits per heavy atom. The minimum absolute atomic E-state index is 0.123. The number of anilines is 1. The van der Waals surface area contributed by atoms with Gasteiger partial charge in [0.05, 0.1) is 5.39 Å². The van der Waals surface area contributed by atoms with Crippen molar-refractivity contribution in [1.82, 2.24) is 25.2 Å². The Kier molecular flexibility index (Phi) is 8.28. The number of carbonyl (C=O) groups excluding carboxylic acids is 1. The quantitative estimate of drug-likeness (QED) is 0.190. The maximum absolute atomic E-state index is 12.2. The number of rotatable bonds is 9. The molecule has 0 atom stereocenters. The van der Waals surface area contributed by atoms with Gasteiger partial charge < -0.3 is 25.7 Å². The fourth-order valence-electron chi connectivity index (χ4n) is 5.10. The van der Waals surface area contributed by atoms with Crippen LogP contribution < -0.4 is 21.1 Å². The van der Waals surface area contributed by atoms with Gasteiger partial charge in [0.15, 0.2) is 0 Å². The Balaban J connectivity index is 1.33. The zero-order valence-electron chi connectivity index (χ0n) is 21.3. The molecule has 198 valence electrons. The first-order valence-electron chi connectivity index (χ1n) is 13.1. The van der Waals surface area contributed by atoms with Gasteiger partial charge in [0.2, 0.25) is 0 Å². The molecule has 1 saturated carbocycles. The number of aromatic nitrogens is 3. The number of urea groups is 1. The Hall–Kier alpha value is -3.78. The number of nitrogens with zero attached hydrogens (tertiary/aromatic N) is 3. The molecule has 0 aliphatic heterocycles. The molecule has 5 rings (SSSR count). The van der Waals surface area contributed by atoms with Crippen LogP contribution in [0.15, 0.2) is 67.1 Å². The van der Waals surface area contributed by atoms with Crippen LogP contribution in [0.2, 0.25) is 0 Å². The number of nitrogens with one attached hydrogen (secondary N) is 2. The molecule has 2 amide bonds. The molecule has 0 unspecified atom stereocenters. The zero-order valence-corrected chi connectivity index (χ0v) is 22.0. The van der Waals surface area contributed by atoms with Gasteiger partial charge in [-0.25, -0.2) is 14.8 Å². The van der Waals surface area contributed by atoms with Crippen molar-refractivity contribution < 1.29 is 9.53 Å². The molecule has 0 bridgehead atoms. The summed E-state index contributed by atoms with van der Waals surface area (Å²) >= 11 is 5.69. The first kappa shape index (κ1) is 25.9. The summed E-state index contributed by atoms with van der Waals surface area (Å²) in [6.07, 6.45) is 8.08. The molecular formula is C29H33ClN6O2. The average Bonchev–Trinajstić information content (AvgIpc) is 3.34. The van der Waals surface area contributed by atoms with Crippen molar-refractivity contribution >= 4 is 34.5 Å². The lowest BCUT2D eigenvalue weighted by Gasteiger charge is -2.30. The summed E-state index contributed by atoms with van der Waals surface area (Å²) in [5.41, 5.74) is 10.3. The van der Waals surface area contributed by atoms with E-state index in [-0.39, 0.29) is 18.1 Å². The molecule has 2 aromatic heterocycles. The van der Waals surface area contributed by atoms with Gasteiger partial charge in [0.25, 0.3) is 0 Å². The topological polar surface area (TPSA) is 107 Å². The van der Waals surface area contributed by atoms with Crippen LogP contribution in [0.1, 0.15) is 43.7 Å². The minimum Gasteiger partial charge on any atom is -0.489 e. The van der Waals surface area contributed by atoms with Crippen LogP contribution in [0.3, 0.4) is 0 Å². The number of nitrogen functional groups attached to an aromatic ring is 1. The van der Waals surface area contributed by atoms with Crippen LogP contribution in [0.5, 0.6) is 5.75 Å². The van der Waals surface area contributed by atoms with Gasteiger partial charge in [0.1, 0.15) is 30.1 Å². The van der Waals surface area contributed by atoms with E-state index in [2.05, 4.69) is 37.4 Å². The molecule has 38 heavy (non-hydrogen) atoms. The third-order valence-corrected chi connectivity index (χ3v) is 7.32. The number of hydrogen-bond acceptors (Lipinski definition) is 5. The predicted molar refractivity (Wildman–Crippen MR) is 151 cm³/mol. The predicted octanol–water partition coefficient (Wildman–Crippen LogP) is 5.67. The van der Waals surface area contributed by atoms with E-state index in [9.17, 15) is 4.79 Å². The number of amides is 2. The van der Waals surface area contributed by atoms with Crippen LogP contribution in [0.4, 0.5) is 10.6 Å². The first-order chi connectivity index (χ1) is 18.6. The molecule has 4 N–H and O–H groups in total. The van der Waals surface area contributed by atoms with E-state index in [1.54, 1.807) is 0 Å². The molecule has 1 fully saturated rings. The number of alkyl halides is 1. The third kappa shape index (κ3) is 6.02. The Labute approximate surface area is 227 Å². The molecule has 9 heteroatoms. The number of fused-ring (bicyclic) bond motifs is 1. The molecule has 1 aliphatic carbocycles. The second kappa shape index (κ2) is 12.2. The van der Waals surface area contributed by atoms with Gasteiger partial charge in [0, 0.05) is 36.3 Å². The van der Waals surface area contributed by atoms with Crippen LogP contribution in [0, 0.1) is 0 Å². The standard InChI is InChI=1S/C29H33ClN6O2/c30-14-5-15-32-29(37)35-22-10-12-23(13-11-22)36-17-25(26-27(31)33-19-34-28(26)36)21-8-4-9-24(16-21)38-18-20-6-2-1-3-7-20/h1-4,6-9,16-17,19,22-23H,5,10-15,18H2,(H2,31,33,34)(H2,32,35,37). The van der Waals surface area contributed by atoms with Crippen molar-refractivity contribution in [2.24, 2.45) is 0 Å². The smallest absolute Gasteiger partial charge is 0.315 e. The monoisotopic (exact) mass is 532 g/mol. The summed E-state index contributed by atoms with van der Waals surface area (Å²) in [6, 6.07) is 18.5. The second-order valence-electron chi connectivity index (χ2n) is 9.66. The largest absolute Gasteiger partial charge is 0.489 e. The SMILES string of the molecule is Nc1ncnc2c1c(-c1cccc(OCc3ccccc3)c1)cn2C1CCC(NC(=O)NCCCCl)CC1. The molecule has 0 saturated heterocycles. The van der Waals surface area contributed by atoms with Gasteiger partial charge in [-0.2, -0.15) is 0 Å². The van der Waals surface area contributed by atoms with Gasteiger partial charge in [-0.05, 0) is 55.4 Å². The van der Waals surface area contributed by atoms with E-state index in [1.807, 2.05) is 48.5 Å². The van der Waals surface area contributed by atoms with E-state index >= 15 is 0 Å². The fraction of sp³-hybridized carbons (Fsp3) is 0.345. The van der Waals surface area contributed by atoms with Crippen molar-refractivity contribution in [1.29, 1.82) is 0 Å². The summed E-state index contributed by atoms with van der Waals surface area (Å²) in [5.74, 6) is 1.79. The number of ether oxygens (including phenoxy) is 1. The summed E-state index contributed by atoms with van der Waals surface area (Å²) in [7, 11) is 0. The maximum Gasteiger partial charge on any atom is 0.315 e. The van der Waals surface area contributed by atoms with Crippen LogP contribution in [-0.2, 0) is 6.61 Å². The van der Waals surface area contributed by atoms with E-state index in [0.717, 1.165) is 65.6 Å². The fourth-order valence-corrected chi connectivity index (χ4v) is 5.24. The summed E-state index contributed by atoms with van der Waals surface area (Å²) in [5, 5.41) is 6.82. The van der Waals surface area contributed by atoms with Crippen LogP contribution >= 0.6 is 11.6 Å². The molecule has 8 nitrogen and oxygen atoms in total. The number of carbonyl (C=O) groups is 1. The van der Waals surface area contributed by atoms with Gasteiger partial charge in [-0.1, -0.05) is 42.5 Å². The lowest BCUT2D eigenvalue weighted by Crippen LogP contribution is -2.44. The normalized spacial score (nSPS) is 17.3. The van der Waals surface area contributed by atoms with E-state index < -0.39 is 0 Å². The lowest BCUT2D eigenvalue weighted by atomic mass is 9.91. The molecule has 0 radical (unpaired) electrons. The molecule has 0 spiro atoms. The number of nitrogens with two attached hydrogens (primary N) is 1. The first-order valence-corrected chi connectivity index (χ1v) is 13.6. The summed E-state index contributed by atoms with van der Waals surface area (Å²) in [6.45, 7) is 1.09. The highest BCUT2D eigenvalue weighted by atomic mass is 35.5. The molecule has 2 heterocycles. The highest BCUT2D eigenvalue weighted by molar-refractivity contribution is 6.17. The molecule has 2 aromatic carbocycles. The molecular weight excluding hydrogens is 500 g/mol. The van der Waals surface area contributed by atoms with Crippen molar-refractivity contribution in [3.05, 3.63) is 72.7 Å². The number of benzene rings is 2. The Bertz CT molecular complexity index is 1370. The maximum atomic E-state index is 12.2. The van der Waals surface area contributed by atoms with Crippen molar-refractivity contribution in [2.45, 2.75) is 50.8 Å². The Morgan fingerprint density at radius 2 is 1.89 bits per heavy atom. The zero-order chi connectivity index (χ0) is 26.3. The van der Waals surface area contributed by atoms with Gasteiger partial charge in [-0.3, -0.25) is 0 Å². The van der Waals surface area contributed by atoms with Gasteiger partial charge >= 0.3 is 6.03 Å². The lowest BCUT2D eigenvalue weighted by molar-refractivity contribution is 0.227. The second-order valence-corrected chi connectivity index (χ2v) is 10.0. The van der Waals surface area contributed by atoms with Crippen molar-refractivity contribution in [3.8, 4) is 16.9 Å². The molecule has 4 aromatic rings. The highest BCUT2D eigenvalue weighted by Crippen LogP contribution is 2.38. The summed E-state index contributed by atoms with van der Waals surface area (Å²) in [4.78, 5) is 21.1. The highest BCUT2D eigenvalue weighted by Gasteiger charge is 2.26. The Morgan fingerprint density at radius 1 is 1.08 bits per heavy atom. The van der Waals surface area contributed by atoms with Crippen LogP contribution in [0.25, 0.3) is 22.2 Å². The average molecular weight is 533 g/mol. The van der Waals surface area contributed by atoms with Crippen molar-refractivity contribution in [2.75, 3.05) is 18.2 Å². The third-order valence-electron chi connectivity index (χ3n) is 7.05. The number of hydrogen-bond donors (Lipinski definition) is 3. The van der Waals surface area contributed by atoms with Gasteiger partial charge in [-0.15, -0.1) is 11.6 Å². The van der Waals surface area contributed by atoms with Crippen LogP contribution in [-0.4, -0.2) is 39.0 Å². The molecule has 1 aliphatic rings. The van der Waals surface area contributed by atoms with Crippen molar-refractivity contribution in [3.63, 3.8) is 0 Å². The van der Waals surface area contributed by atoms with E-state index in [0.29, 0.717) is 24.8 Å².